The summed E-state index contributed by atoms with van der Waals surface area (Å²) in [6.45, 7) is 4.85. The molecule has 2 atom stereocenters. The van der Waals surface area contributed by atoms with Crippen LogP contribution in [-0.2, 0) is 0 Å². The van der Waals surface area contributed by atoms with Gasteiger partial charge in [0.05, 0.1) is 6.04 Å². The molecule has 108 valence electrons. The van der Waals surface area contributed by atoms with Crippen molar-refractivity contribution in [3.05, 3.63) is 29.6 Å². The molecule has 2 aliphatic rings. The zero-order valence-electron chi connectivity index (χ0n) is 11.3. The lowest BCUT2D eigenvalue weighted by atomic mass is 10.0. The maximum absolute atomic E-state index is 13.0. The molecule has 0 aromatic heterocycles. The topological polar surface area (TPSA) is 55.8 Å². The minimum atomic E-state index is -0.436. The number of carbonyl (C=O) groups is 1. The molecule has 0 saturated carbocycles. The molecule has 0 aliphatic carbocycles. The Kier molecular flexibility index (Phi) is 3.25. The SMILES string of the molecule is CC(c1ccc(F)cc1O)N1CCN2C(=O)NCC2C1. The van der Waals surface area contributed by atoms with Gasteiger partial charge in [-0.05, 0) is 13.0 Å². The lowest BCUT2D eigenvalue weighted by Crippen LogP contribution is -2.52. The van der Waals surface area contributed by atoms with E-state index in [9.17, 15) is 14.3 Å². The molecule has 2 unspecified atom stereocenters. The molecule has 20 heavy (non-hydrogen) atoms. The Balaban J connectivity index is 1.75. The number of phenols is 1. The molecule has 1 aromatic rings. The zero-order valence-corrected chi connectivity index (χ0v) is 11.3. The van der Waals surface area contributed by atoms with E-state index >= 15 is 0 Å². The first kappa shape index (κ1) is 13.2. The molecule has 2 aliphatic heterocycles. The monoisotopic (exact) mass is 279 g/mol. The van der Waals surface area contributed by atoms with E-state index < -0.39 is 5.82 Å². The van der Waals surface area contributed by atoms with Crippen molar-refractivity contribution >= 4 is 6.03 Å². The van der Waals surface area contributed by atoms with E-state index in [1.165, 1.54) is 6.07 Å². The fourth-order valence-corrected chi connectivity index (χ4v) is 3.05. The summed E-state index contributed by atoms with van der Waals surface area (Å²) in [5, 5.41) is 12.7. The normalized spacial score (nSPS) is 24.4. The summed E-state index contributed by atoms with van der Waals surface area (Å²) in [4.78, 5) is 15.6. The number of amides is 2. The number of halogens is 1. The van der Waals surface area contributed by atoms with E-state index in [0.717, 1.165) is 24.7 Å². The Hall–Kier alpha value is -1.82. The van der Waals surface area contributed by atoms with E-state index in [1.54, 1.807) is 6.07 Å². The van der Waals surface area contributed by atoms with Crippen LogP contribution < -0.4 is 5.32 Å². The molecule has 5 nitrogen and oxygen atoms in total. The van der Waals surface area contributed by atoms with Gasteiger partial charge in [-0.1, -0.05) is 6.07 Å². The lowest BCUT2D eigenvalue weighted by molar-refractivity contribution is 0.0929. The van der Waals surface area contributed by atoms with Crippen LogP contribution in [0.15, 0.2) is 18.2 Å². The van der Waals surface area contributed by atoms with Crippen molar-refractivity contribution in [3.8, 4) is 5.75 Å². The third kappa shape index (κ3) is 2.20. The fraction of sp³-hybridized carbons (Fsp3) is 0.500. The molecule has 2 amide bonds. The maximum Gasteiger partial charge on any atom is 0.317 e. The highest BCUT2D eigenvalue weighted by Crippen LogP contribution is 2.30. The van der Waals surface area contributed by atoms with Crippen LogP contribution in [0.5, 0.6) is 5.75 Å². The quantitative estimate of drug-likeness (QED) is 0.858. The van der Waals surface area contributed by atoms with Crippen LogP contribution in [0.25, 0.3) is 0 Å². The molecule has 0 spiro atoms. The highest BCUT2D eigenvalue weighted by atomic mass is 19.1. The predicted molar refractivity (Wildman–Crippen MR) is 71.9 cm³/mol. The van der Waals surface area contributed by atoms with Gasteiger partial charge in [0.2, 0.25) is 0 Å². The highest BCUT2D eigenvalue weighted by molar-refractivity contribution is 5.77. The number of hydrogen-bond donors (Lipinski definition) is 2. The van der Waals surface area contributed by atoms with Gasteiger partial charge >= 0.3 is 6.03 Å². The number of carbonyl (C=O) groups excluding carboxylic acids is 1. The van der Waals surface area contributed by atoms with E-state index in [4.69, 9.17) is 0 Å². The lowest BCUT2D eigenvalue weighted by Gasteiger charge is -2.39. The van der Waals surface area contributed by atoms with Gasteiger partial charge in [-0.3, -0.25) is 4.90 Å². The van der Waals surface area contributed by atoms with Crippen molar-refractivity contribution in [1.29, 1.82) is 0 Å². The van der Waals surface area contributed by atoms with E-state index in [2.05, 4.69) is 10.2 Å². The molecule has 2 N–H and O–H groups in total. The molecule has 1 aromatic carbocycles. The first-order valence-electron chi connectivity index (χ1n) is 6.83. The Labute approximate surface area is 117 Å². The number of piperazine rings is 1. The second-order valence-corrected chi connectivity index (χ2v) is 5.41. The van der Waals surface area contributed by atoms with Crippen molar-refractivity contribution in [3.63, 3.8) is 0 Å². The number of aromatic hydroxyl groups is 1. The smallest absolute Gasteiger partial charge is 0.317 e. The van der Waals surface area contributed by atoms with Crippen LogP contribution in [-0.4, -0.2) is 53.2 Å². The van der Waals surface area contributed by atoms with E-state index in [-0.39, 0.29) is 23.9 Å². The van der Waals surface area contributed by atoms with Crippen LogP contribution in [0.2, 0.25) is 0 Å². The average Bonchev–Trinajstić information content (AvgIpc) is 2.79. The number of phenolic OH excluding ortho intramolecular Hbond substituents is 1. The van der Waals surface area contributed by atoms with Crippen molar-refractivity contribution in [2.45, 2.75) is 19.0 Å². The van der Waals surface area contributed by atoms with Gasteiger partial charge in [0.25, 0.3) is 0 Å². The number of benzene rings is 1. The molecular weight excluding hydrogens is 261 g/mol. The summed E-state index contributed by atoms with van der Waals surface area (Å²) in [7, 11) is 0. The Morgan fingerprint density at radius 3 is 3.00 bits per heavy atom. The number of nitrogens with one attached hydrogen (secondary N) is 1. The molecule has 3 rings (SSSR count). The summed E-state index contributed by atoms with van der Waals surface area (Å²) in [5.74, 6) is -0.450. The summed E-state index contributed by atoms with van der Waals surface area (Å²) in [6, 6.07) is 4.31. The first-order chi connectivity index (χ1) is 9.56. The number of rotatable bonds is 2. The van der Waals surface area contributed by atoms with Crippen molar-refractivity contribution in [1.82, 2.24) is 15.1 Å². The maximum atomic E-state index is 13.0. The molecule has 0 bridgehead atoms. The number of urea groups is 1. The minimum absolute atomic E-state index is 0.00606. The van der Waals surface area contributed by atoms with Crippen LogP contribution in [0, 0.1) is 5.82 Å². The Bertz CT molecular complexity index is 537. The zero-order chi connectivity index (χ0) is 14.3. The summed E-state index contributed by atoms with van der Waals surface area (Å²) < 4.78 is 13.0. The minimum Gasteiger partial charge on any atom is -0.508 e. The van der Waals surface area contributed by atoms with Gasteiger partial charge in [-0.2, -0.15) is 0 Å². The average molecular weight is 279 g/mol. The van der Waals surface area contributed by atoms with E-state index in [1.807, 2.05) is 11.8 Å². The molecule has 0 radical (unpaired) electrons. The number of fused-ring (bicyclic) bond motifs is 1. The summed E-state index contributed by atoms with van der Waals surface area (Å²) in [6.07, 6.45) is 0. The third-order valence-electron chi connectivity index (χ3n) is 4.25. The number of nitrogens with zero attached hydrogens (tertiary/aromatic N) is 2. The van der Waals surface area contributed by atoms with Gasteiger partial charge in [0.15, 0.2) is 0 Å². The van der Waals surface area contributed by atoms with Gasteiger partial charge in [-0.25, -0.2) is 9.18 Å². The molecular formula is C14H18FN3O2. The Morgan fingerprint density at radius 1 is 1.45 bits per heavy atom. The van der Waals surface area contributed by atoms with Crippen LogP contribution in [0.4, 0.5) is 9.18 Å². The predicted octanol–water partition coefficient (Wildman–Crippen LogP) is 1.30. The van der Waals surface area contributed by atoms with E-state index in [0.29, 0.717) is 13.1 Å². The van der Waals surface area contributed by atoms with Crippen molar-refractivity contribution in [2.24, 2.45) is 0 Å². The molecule has 2 fully saturated rings. The van der Waals surface area contributed by atoms with Gasteiger partial charge in [0.1, 0.15) is 11.6 Å². The highest BCUT2D eigenvalue weighted by Gasteiger charge is 2.37. The second-order valence-electron chi connectivity index (χ2n) is 5.41. The fourth-order valence-electron chi connectivity index (χ4n) is 3.05. The molecule has 2 saturated heterocycles. The van der Waals surface area contributed by atoms with Gasteiger partial charge in [0, 0.05) is 43.9 Å². The summed E-state index contributed by atoms with van der Waals surface area (Å²) in [5.41, 5.74) is 0.720. The molecule has 6 heteroatoms. The van der Waals surface area contributed by atoms with Crippen LogP contribution >= 0.6 is 0 Å². The third-order valence-corrected chi connectivity index (χ3v) is 4.25. The Morgan fingerprint density at radius 2 is 2.25 bits per heavy atom. The van der Waals surface area contributed by atoms with Crippen molar-refractivity contribution in [2.75, 3.05) is 26.2 Å². The van der Waals surface area contributed by atoms with Crippen LogP contribution in [0.1, 0.15) is 18.5 Å². The standard InChI is InChI=1S/C14H18FN3O2/c1-9(12-3-2-10(15)6-13(12)19)17-4-5-18-11(8-17)7-16-14(18)20/h2-3,6,9,11,19H,4-5,7-8H2,1H3,(H,16,20). The van der Waals surface area contributed by atoms with Gasteiger partial charge in [-0.15, -0.1) is 0 Å². The largest absolute Gasteiger partial charge is 0.508 e. The summed E-state index contributed by atoms with van der Waals surface area (Å²) >= 11 is 0. The molecule has 2 heterocycles. The van der Waals surface area contributed by atoms with Gasteiger partial charge < -0.3 is 15.3 Å². The van der Waals surface area contributed by atoms with Crippen LogP contribution in [0.3, 0.4) is 0 Å². The first-order valence-corrected chi connectivity index (χ1v) is 6.83. The second kappa shape index (κ2) is 4.94. The number of hydrogen-bond acceptors (Lipinski definition) is 3. The van der Waals surface area contributed by atoms with Crippen molar-refractivity contribution < 1.29 is 14.3 Å².